The van der Waals surface area contributed by atoms with Gasteiger partial charge in [-0.1, -0.05) is 26.7 Å². The van der Waals surface area contributed by atoms with Crippen LogP contribution in [-0.4, -0.2) is 71.6 Å². The Hall–Kier alpha value is -0.850. The molecule has 1 aliphatic heterocycles. The van der Waals surface area contributed by atoms with E-state index in [0.29, 0.717) is 24.5 Å². The number of likely N-dealkylation sites (N-methyl/N-ethyl adjacent to an activating group) is 1. The molecule has 1 saturated carbocycles. The average Bonchev–Trinajstić information content (AvgIpc) is 2.55. The van der Waals surface area contributed by atoms with E-state index in [1.54, 1.807) is 0 Å². The van der Waals surface area contributed by atoms with E-state index in [9.17, 15) is 9.59 Å². The molecular formula is C18H34ClN3O3. The maximum absolute atomic E-state index is 12.3. The van der Waals surface area contributed by atoms with Crippen LogP contribution < -0.4 is 5.32 Å². The number of halogens is 1. The zero-order valence-electron chi connectivity index (χ0n) is 15.6. The third kappa shape index (κ3) is 7.12. The van der Waals surface area contributed by atoms with Gasteiger partial charge in [-0.25, -0.2) is 0 Å². The van der Waals surface area contributed by atoms with Gasteiger partial charge in [0, 0.05) is 25.2 Å². The Labute approximate surface area is 157 Å². The lowest BCUT2D eigenvalue weighted by Crippen LogP contribution is -2.50. The molecule has 146 valence electrons. The molecule has 7 heteroatoms. The maximum atomic E-state index is 12.3. The lowest BCUT2D eigenvalue weighted by atomic mass is 9.86. The molecule has 1 amide bonds. The molecule has 2 fully saturated rings. The van der Waals surface area contributed by atoms with Crippen LogP contribution in [0.5, 0.6) is 0 Å². The maximum Gasteiger partial charge on any atom is 0.317 e. The fraction of sp³-hybridized carbons (Fsp3) is 0.889. The molecule has 1 heterocycles. The minimum Gasteiger partial charge on any atom is -0.480 e. The monoisotopic (exact) mass is 375 g/mol. The number of likely N-dealkylation sites (tertiary alicyclic amines) is 1. The van der Waals surface area contributed by atoms with Gasteiger partial charge in [-0.2, -0.15) is 0 Å². The first-order chi connectivity index (χ1) is 11.5. The first-order valence-electron chi connectivity index (χ1n) is 9.47. The summed E-state index contributed by atoms with van der Waals surface area (Å²) in [6.45, 7) is 7.33. The van der Waals surface area contributed by atoms with Crippen molar-refractivity contribution in [1.29, 1.82) is 0 Å². The van der Waals surface area contributed by atoms with Crippen LogP contribution in [0.1, 0.15) is 52.4 Å². The second kappa shape index (κ2) is 11.0. The fourth-order valence-corrected chi connectivity index (χ4v) is 4.10. The molecule has 2 aliphatic rings. The third-order valence-electron chi connectivity index (χ3n) is 5.64. The molecule has 0 aromatic carbocycles. The van der Waals surface area contributed by atoms with Gasteiger partial charge in [0.1, 0.15) is 0 Å². The number of carbonyl (C=O) groups is 2. The highest BCUT2D eigenvalue weighted by Crippen LogP contribution is 2.23. The Kier molecular flexibility index (Phi) is 9.75. The third-order valence-corrected chi connectivity index (χ3v) is 5.64. The fourth-order valence-electron chi connectivity index (χ4n) is 4.10. The summed E-state index contributed by atoms with van der Waals surface area (Å²) in [5.74, 6) is -0.0343. The van der Waals surface area contributed by atoms with Crippen molar-refractivity contribution in [2.24, 2.45) is 5.92 Å². The van der Waals surface area contributed by atoms with E-state index in [2.05, 4.69) is 17.1 Å². The highest BCUT2D eigenvalue weighted by atomic mass is 35.5. The Balaban J connectivity index is 0.00000312. The van der Waals surface area contributed by atoms with E-state index in [4.69, 9.17) is 5.11 Å². The zero-order chi connectivity index (χ0) is 17.5. The lowest BCUT2D eigenvalue weighted by molar-refractivity contribution is -0.139. The minimum atomic E-state index is -0.764. The summed E-state index contributed by atoms with van der Waals surface area (Å²) in [4.78, 5) is 27.5. The number of amides is 1. The Bertz CT molecular complexity index is 428. The molecule has 0 aromatic heterocycles. The standard InChI is InChI=1S/C18H33N3O3.ClH/c1-3-21(13-18(23)24)15-8-10-20(11-9-15)12-17(22)19-16-7-5-4-6-14(16)2;/h14-16H,3-13H2,1-2H3,(H,19,22)(H,23,24);1H. The van der Waals surface area contributed by atoms with Crippen LogP contribution in [0.15, 0.2) is 0 Å². The first kappa shape index (κ1) is 22.2. The quantitative estimate of drug-likeness (QED) is 0.711. The van der Waals surface area contributed by atoms with E-state index in [1.165, 1.54) is 19.3 Å². The number of hydrogen-bond acceptors (Lipinski definition) is 4. The van der Waals surface area contributed by atoms with Crippen molar-refractivity contribution in [2.75, 3.05) is 32.7 Å². The van der Waals surface area contributed by atoms with E-state index in [1.807, 2.05) is 11.8 Å². The van der Waals surface area contributed by atoms with Crippen LogP contribution in [0.2, 0.25) is 0 Å². The molecule has 6 nitrogen and oxygen atoms in total. The van der Waals surface area contributed by atoms with Crippen LogP contribution >= 0.6 is 12.4 Å². The minimum absolute atomic E-state index is 0. The highest BCUT2D eigenvalue weighted by molar-refractivity contribution is 5.85. The molecule has 0 spiro atoms. The van der Waals surface area contributed by atoms with Gasteiger partial charge >= 0.3 is 5.97 Å². The highest BCUT2D eigenvalue weighted by Gasteiger charge is 2.27. The van der Waals surface area contributed by atoms with Gasteiger partial charge in [-0.3, -0.25) is 19.4 Å². The van der Waals surface area contributed by atoms with Gasteiger partial charge in [0.2, 0.25) is 5.91 Å². The number of nitrogens with zero attached hydrogens (tertiary/aromatic N) is 2. The van der Waals surface area contributed by atoms with Crippen molar-refractivity contribution in [1.82, 2.24) is 15.1 Å². The van der Waals surface area contributed by atoms with E-state index in [0.717, 1.165) is 38.9 Å². The molecule has 2 N–H and O–H groups in total. The molecule has 0 radical (unpaired) electrons. The van der Waals surface area contributed by atoms with Gasteiger partial charge in [-0.05, 0) is 38.1 Å². The normalized spacial score (nSPS) is 25.4. The zero-order valence-corrected chi connectivity index (χ0v) is 16.4. The molecule has 2 rings (SSSR count). The lowest BCUT2D eigenvalue weighted by Gasteiger charge is -2.37. The van der Waals surface area contributed by atoms with Crippen LogP contribution in [0, 0.1) is 5.92 Å². The summed E-state index contributed by atoms with van der Waals surface area (Å²) < 4.78 is 0. The predicted octanol–water partition coefficient (Wildman–Crippen LogP) is 1.97. The number of nitrogens with one attached hydrogen (secondary N) is 1. The van der Waals surface area contributed by atoms with Crippen molar-refractivity contribution in [3.05, 3.63) is 0 Å². The molecule has 2 unspecified atom stereocenters. The summed E-state index contributed by atoms with van der Waals surface area (Å²) in [5.41, 5.74) is 0. The number of carbonyl (C=O) groups excluding carboxylic acids is 1. The predicted molar refractivity (Wildman–Crippen MR) is 101 cm³/mol. The topological polar surface area (TPSA) is 72.9 Å². The second-order valence-corrected chi connectivity index (χ2v) is 7.40. The van der Waals surface area contributed by atoms with E-state index >= 15 is 0 Å². The molecule has 0 bridgehead atoms. The first-order valence-corrected chi connectivity index (χ1v) is 9.47. The van der Waals surface area contributed by atoms with Crippen molar-refractivity contribution < 1.29 is 14.7 Å². The van der Waals surface area contributed by atoms with Crippen LogP contribution in [-0.2, 0) is 9.59 Å². The van der Waals surface area contributed by atoms with Gasteiger partial charge in [0.05, 0.1) is 13.1 Å². The molecule has 1 saturated heterocycles. The molecule has 2 atom stereocenters. The van der Waals surface area contributed by atoms with E-state index < -0.39 is 5.97 Å². The van der Waals surface area contributed by atoms with Crippen LogP contribution in [0.4, 0.5) is 0 Å². The summed E-state index contributed by atoms with van der Waals surface area (Å²) in [5, 5.41) is 12.2. The summed E-state index contributed by atoms with van der Waals surface area (Å²) in [6.07, 6.45) is 6.70. The summed E-state index contributed by atoms with van der Waals surface area (Å²) in [6, 6.07) is 0.665. The number of carboxylic acid groups (broad SMARTS) is 1. The van der Waals surface area contributed by atoms with Gasteiger partial charge < -0.3 is 10.4 Å². The second-order valence-electron chi connectivity index (χ2n) is 7.40. The number of aliphatic carboxylic acids is 1. The molecule has 1 aliphatic carbocycles. The Morgan fingerprint density at radius 1 is 1.16 bits per heavy atom. The molecule has 0 aromatic rings. The SMILES string of the molecule is CCN(CC(=O)O)C1CCN(CC(=O)NC2CCCCC2C)CC1.Cl. The van der Waals surface area contributed by atoms with Crippen molar-refractivity contribution in [3.63, 3.8) is 0 Å². The average molecular weight is 376 g/mol. The smallest absolute Gasteiger partial charge is 0.317 e. The van der Waals surface area contributed by atoms with E-state index in [-0.39, 0.29) is 24.9 Å². The Morgan fingerprint density at radius 2 is 1.80 bits per heavy atom. The number of rotatable bonds is 7. The van der Waals surface area contributed by atoms with Crippen molar-refractivity contribution >= 4 is 24.3 Å². The number of carboxylic acids is 1. The summed E-state index contributed by atoms with van der Waals surface area (Å²) in [7, 11) is 0. The number of hydrogen-bond donors (Lipinski definition) is 2. The number of piperidine rings is 1. The molecule has 25 heavy (non-hydrogen) atoms. The molecular weight excluding hydrogens is 342 g/mol. The van der Waals surface area contributed by atoms with Gasteiger partial charge in [0.25, 0.3) is 0 Å². The van der Waals surface area contributed by atoms with Crippen molar-refractivity contribution in [3.8, 4) is 0 Å². The largest absolute Gasteiger partial charge is 0.480 e. The van der Waals surface area contributed by atoms with Crippen LogP contribution in [0.3, 0.4) is 0 Å². The van der Waals surface area contributed by atoms with Gasteiger partial charge in [0.15, 0.2) is 0 Å². The van der Waals surface area contributed by atoms with Crippen LogP contribution in [0.25, 0.3) is 0 Å². The van der Waals surface area contributed by atoms with Gasteiger partial charge in [-0.15, -0.1) is 12.4 Å². The van der Waals surface area contributed by atoms with Crippen molar-refractivity contribution in [2.45, 2.75) is 64.5 Å². The summed E-state index contributed by atoms with van der Waals surface area (Å²) >= 11 is 0. The Morgan fingerprint density at radius 3 is 2.36 bits per heavy atom.